The number of hydrogen-bond donors (Lipinski definition) is 2. The standard InChI is InChI=1S/C9H10O2.C8H10O/c1-6-3-7(2)8(5-10)9(11)4-6;1-6-3-7(2)5-8(9)4-6/h3-5,11H,1-2H3;3-5,9H,1-2H3. The van der Waals surface area contributed by atoms with Gasteiger partial charge in [0.1, 0.15) is 11.5 Å². The van der Waals surface area contributed by atoms with Crippen molar-refractivity contribution in [2.45, 2.75) is 27.7 Å². The van der Waals surface area contributed by atoms with E-state index < -0.39 is 0 Å². The Morgan fingerprint density at radius 3 is 1.70 bits per heavy atom. The Kier molecular flexibility index (Phi) is 5.32. The Balaban J connectivity index is 0.000000204. The summed E-state index contributed by atoms with van der Waals surface area (Å²) in [5, 5.41) is 18.2. The zero-order chi connectivity index (χ0) is 15.3. The van der Waals surface area contributed by atoms with Gasteiger partial charge in [0.25, 0.3) is 0 Å². The fourth-order valence-electron chi connectivity index (χ4n) is 2.06. The summed E-state index contributed by atoms with van der Waals surface area (Å²) in [5.41, 5.74) is 4.37. The monoisotopic (exact) mass is 272 g/mol. The normalized spacial score (nSPS) is 9.60. The summed E-state index contributed by atoms with van der Waals surface area (Å²) in [7, 11) is 0. The molecular formula is C17H20O3. The van der Waals surface area contributed by atoms with Gasteiger partial charge in [0, 0.05) is 0 Å². The number of rotatable bonds is 1. The Hall–Kier alpha value is -2.29. The van der Waals surface area contributed by atoms with E-state index in [1.807, 2.05) is 32.9 Å². The summed E-state index contributed by atoms with van der Waals surface area (Å²) in [5.74, 6) is 0.421. The van der Waals surface area contributed by atoms with Gasteiger partial charge in [-0.25, -0.2) is 0 Å². The molecule has 0 saturated heterocycles. The van der Waals surface area contributed by atoms with Crippen molar-refractivity contribution in [3.8, 4) is 11.5 Å². The number of aldehydes is 1. The Bertz CT molecular complexity index is 542. The topological polar surface area (TPSA) is 57.5 Å². The van der Waals surface area contributed by atoms with Gasteiger partial charge >= 0.3 is 0 Å². The SMILES string of the molecule is Cc1cc(C)c(C=O)c(O)c1.Cc1cc(C)cc(O)c1. The highest BCUT2D eigenvalue weighted by atomic mass is 16.3. The highest BCUT2D eigenvalue weighted by Gasteiger charge is 2.03. The average Bonchev–Trinajstić information content (AvgIpc) is 2.26. The molecule has 0 aliphatic carbocycles. The van der Waals surface area contributed by atoms with E-state index in [2.05, 4.69) is 0 Å². The first-order valence-corrected chi connectivity index (χ1v) is 6.36. The van der Waals surface area contributed by atoms with Crippen LogP contribution in [-0.4, -0.2) is 16.5 Å². The van der Waals surface area contributed by atoms with Crippen LogP contribution >= 0.6 is 0 Å². The lowest BCUT2D eigenvalue weighted by molar-refractivity contribution is 0.112. The van der Waals surface area contributed by atoms with Crippen LogP contribution in [0.3, 0.4) is 0 Å². The number of benzene rings is 2. The van der Waals surface area contributed by atoms with E-state index in [0.29, 0.717) is 17.6 Å². The summed E-state index contributed by atoms with van der Waals surface area (Å²) >= 11 is 0. The zero-order valence-corrected chi connectivity index (χ0v) is 12.3. The predicted octanol–water partition coefficient (Wildman–Crippen LogP) is 3.83. The molecule has 106 valence electrons. The molecule has 0 unspecified atom stereocenters. The summed E-state index contributed by atoms with van der Waals surface area (Å²) in [6, 6.07) is 8.96. The molecule has 0 atom stereocenters. The lowest BCUT2D eigenvalue weighted by atomic mass is 10.1. The minimum absolute atomic E-state index is 0.0671. The van der Waals surface area contributed by atoms with Crippen molar-refractivity contribution in [3.63, 3.8) is 0 Å². The van der Waals surface area contributed by atoms with Crippen molar-refractivity contribution in [1.82, 2.24) is 0 Å². The van der Waals surface area contributed by atoms with E-state index in [4.69, 9.17) is 5.11 Å². The van der Waals surface area contributed by atoms with Crippen LogP contribution in [0.5, 0.6) is 11.5 Å². The van der Waals surface area contributed by atoms with Gasteiger partial charge in [0.2, 0.25) is 0 Å². The smallest absolute Gasteiger partial charge is 0.154 e. The molecule has 0 aliphatic heterocycles. The van der Waals surface area contributed by atoms with Gasteiger partial charge < -0.3 is 10.2 Å². The summed E-state index contributed by atoms with van der Waals surface area (Å²) in [4.78, 5) is 10.4. The number of aromatic hydroxyl groups is 2. The highest BCUT2D eigenvalue weighted by molar-refractivity contribution is 5.81. The molecule has 20 heavy (non-hydrogen) atoms. The Morgan fingerprint density at radius 1 is 0.800 bits per heavy atom. The zero-order valence-electron chi connectivity index (χ0n) is 12.3. The second-order valence-corrected chi connectivity index (χ2v) is 4.98. The number of hydrogen-bond acceptors (Lipinski definition) is 3. The number of phenols is 2. The Morgan fingerprint density at radius 2 is 1.30 bits per heavy atom. The summed E-state index contributed by atoms with van der Waals surface area (Å²) in [6.45, 7) is 7.61. The number of carbonyl (C=O) groups excluding carboxylic acids is 1. The van der Waals surface area contributed by atoms with Crippen LogP contribution in [0.25, 0.3) is 0 Å². The maximum absolute atomic E-state index is 10.4. The van der Waals surface area contributed by atoms with Gasteiger partial charge in [-0.15, -0.1) is 0 Å². The third kappa shape index (κ3) is 4.43. The summed E-state index contributed by atoms with van der Waals surface area (Å²) < 4.78 is 0. The van der Waals surface area contributed by atoms with E-state index in [-0.39, 0.29) is 5.75 Å². The third-order valence-electron chi connectivity index (χ3n) is 2.83. The van der Waals surface area contributed by atoms with Crippen LogP contribution in [0.15, 0.2) is 30.3 Å². The number of carbonyl (C=O) groups is 1. The van der Waals surface area contributed by atoms with Crippen LogP contribution in [0.1, 0.15) is 32.6 Å². The molecule has 0 spiro atoms. The fourth-order valence-corrected chi connectivity index (χ4v) is 2.06. The molecule has 0 amide bonds. The van der Waals surface area contributed by atoms with E-state index in [1.54, 1.807) is 25.1 Å². The molecule has 3 heteroatoms. The van der Waals surface area contributed by atoms with Crippen LogP contribution < -0.4 is 0 Å². The first-order valence-electron chi connectivity index (χ1n) is 6.36. The average molecular weight is 272 g/mol. The van der Waals surface area contributed by atoms with Gasteiger partial charge in [-0.05, 0) is 68.1 Å². The molecule has 0 aromatic heterocycles. The quantitative estimate of drug-likeness (QED) is 0.776. The molecule has 2 N–H and O–H groups in total. The molecule has 3 nitrogen and oxygen atoms in total. The second kappa shape index (κ2) is 6.75. The van der Waals surface area contributed by atoms with Crippen molar-refractivity contribution < 1.29 is 15.0 Å². The predicted molar refractivity (Wildman–Crippen MR) is 80.5 cm³/mol. The van der Waals surface area contributed by atoms with E-state index in [1.165, 1.54) is 0 Å². The maximum atomic E-state index is 10.4. The molecule has 2 aromatic rings. The van der Waals surface area contributed by atoms with Crippen molar-refractivity contribution in [2.24, 2.45) is 0 Å². The van der Waals surface area contributed by atoms with Gasteiger partial charge in [-0.1, -0.05) is 12.1 Å². The van der Waals surface area contributed by atoms with Gasteiger partial charge in [0.05, 0.1) is 5.56 Å². The molecule has 0 heterocycles. The molecular weight excluding hydrogens is 252 g/mol. The third-order valence-corrected chi connectivity index (χ3v) is 2.83. The van der Waals surface area contributed by atoms with Crippen molar-refractivity contribution in [1.29, 1.82) is 0 Å². The first-order chi connectivity index (χ1) is 9.33. The van der Waals surface area contributed by atoms with Gasteiger partial charge in [-0.3, -0.25) is 4.79 Å². The molecule has 0 aliphatic rings. The van der Waals surface area contributed by atoms with Crippen molar-refractivity contribution in [3.05, 3.63) is 58.1 Å². The molecule has 0 fully saturated rings. The summed E-state index contributed by atoms with van der Waals surface area (Å²) in [6.07, 6.45) is 0.671. The van der Waals surface area contributed by atoms with Crippen LogP contribution in [-0.2, 0) is 0 Å². The van der Waals surface area contributed by atoms with Crippen LogP contribution in [0.2, 0.25) is 0 Å². The lowest BCUT2D eigenvalue weighted by Crippen LogP contribution is -1.88. The van der Waals surface area contributed by atoms with Gasteiger partial charge in [-0.2, -0.15) is 0 Å². The highest BCUT2D eigenvalue weighted by Crippen LogP contribution is 2.20. The maximum Gasteiger partial charge on any atom is 0.154 e. The molecule has 2 rings (SSSR count). The molecule has 0 radical (unpaired) electrons. The Labute approximate surface area is 119 Å². The van der Waals surface area contributed by atoms with E-state index >= 15 is 0 Å². The molecule has 2 aromatic carbocycles. The largest absolute Gasteiger partial charge is 0.508 e. The van der Waals surface area contributed by atoms with E-state index in [0.717, 1.165) is 22.3 Å². The minimum atomic E-state index is 0.0671. The second-order valence-electron chi connectivity index (χ2n) is 4.98. The molecule has 0 bridgehead atoms. The fraction of sp³-hybridized carbons (Fsp3) is 0.235. The van der Waals surface area contributed by atoms with Crippen LogP contribution in [0.4, 0.5) is 0 Å². The minimum Gasteiger partial charge on any atom is -0.508 e. The van der Waals surface area contributed by atoms with Gasteiger partial charge in [0.15, 0.2) is 6.29 Å². The van der Waals surface area contributed by atoms with Crippen LogP contribution in [0, 0.1) is 27.7 Å². The first kappa shape index (κ1) is 15.8. The van der Waals surface area contributed by atoms with Crippen molar-refractivity contribution in [2.75, 3.05) is 0 Å². The number of aryl methyl sites for hydroxylation is 4. The molecule has 0 saturated carbocycles. The van der Waals surface area contributed by atoms with Crippen molar-refractivity contribution >= 4 is 6.29 Å². The lowest BCUT2D eigenvalue weighted by Gasteiger charge is -2.02. The van der Waals surface area contributed by atoms with E-state index in [9.17, 15) is 9.90 Å². The number of phenolic OH excluding ortho intramolecular Hbond substituents is 2.